The minimum atomic E-state index is -1.95. The Bertz CT molecular complexity index is 3400. The number of aliphatic hydroxyl groups is 1. The fraction of sp³-hybridized carbons (Fsp3) is 0.492. The van der Waals surface area contributed by atoms with Crippen LogP contribution in [-0.2, 0) is 44.4 Å². The molecular formula is C59H68ClN11O11. The van der Waals surface area contributed by atoms with Gasteiger partial charge in [0.05, 0.1) is 45.7 Å². The van der Waals surface area contributed by atoms with E-state index in [9.17, 15) is 34.3 Å². The van der Waals surface area contributed by atoms with Crippen LogP contribution in [0.2, 0.25) is 5.02 Å². The quantitative estimate of drug-likeness (QED) is 0.111. The average Bonchev–Trinajstić information content (AvgIpc) is 2.63. The van der Waals surface area contributed by atoms with E-state index in [0.29, 0.717) is 117 Å². The van der Waals surface area contributed by atoms with E-state index in [1.54, 1.807) is 46.7 Å². The van der Waals surface area contributed by atoms with Crippen molar-refractivity contribution in [2.45, 2.75) is 122 Å². The molecule has 3 N–H and O–H groups in total. The number of nitrogens with zero attached hydrogens (tertiary/aromatic N) is 10. The highest BCUT2D eigenvalue weighted by Gasteiger charge is 2.46. The first-order valence-electron chi connectivity index (χ1n) is 28.1. The number of likely N-dealkylation sites (N-methyl/N-ethyl adjacent to an activating group) is 1. The van der Waals surface area contributed by atoms with Crippen molar-refractivity contribution in [2.75, 3.05) is 64.3 Å². The molecule has 0 spiro atoms. The largest absolute Gasteiger partial charge is 0.490 e. The van der Waals surface area contributed by atoms with Gasteiger partial charge in [0.1, 0.15) is 24.2 Å². The van der Waals surface area contributed by atoms with Gasteiger partial charge in [-0.1, -0.05) is 18.5 Å². The number of ether oxygens (including phenoxy) is 3. The monoisotopic (exact) mass is 1140 g/mol. The zero-order chi connectivity index (χ0) is 58.1. The van der Waals surface area contributed by atoms with Gasteiger partial charge >= 0.3 is 12.1 Å². The number of halogens is 1. The average molecular weight is 1140 g/mol. The molecule has 82 heavy (non-hydrogen) atoms. The van der Waals surface area contributed by atoms with Crippen LogP contribution >= 0.6 is 11.6 Å². The van der Waals surface area contributed by atoms with E-state index in [0.717, 1.165) is 47.8 Å². The smallest absolute Gasteiger partial charge is 0.415 e. The number of hydrogen-bond acceptors (Lipinski definition) is 17. The van der Waals surface area contributed by atoms with Crippen molar-refractivity contribution in [3.8, 4) is 29.0 Å². The van der Waals surface area contributed by atoms with Crippen molar-refractivity contribution < 1.29 is 48.4 Å². The fourth-order valence-electron chi connectivity index (χ4n) is 12.3. The summed E-state index contributed by atoms with van der Waals surface area (Å²) < 4.78 is 19.5. The summed E-state index contributed by atoms with van der Waals surface area (Å²) in [6.45, 7) is 12.5. The molecule has 8 heterocycles. The molecule has 0 bridgehead atoms. The van der Waals surface area contributed by atoms with E-state index < -0.39 is 17.7 Å². The number of carbonyl (C=O) groups excluding carboxylic acids is 4. The minimum Gasteiger partial charge on any atom is -0.490 e. The molecule has 0 radical (unpaired) electrons. The van der Waals surface area contributed by atoms with Gasteiger partial charge in [0.2, 0.25) is 5.91 Å². The van der Waals surface area contributed by atoms with Gasteiger partial charge in [0.15, 0.2) is 17.1 Å². The van der Waals surface area contributed by atoms with Crippen LogP contribution in [-0.4, -0.2) is 164 Å². The summed E-state index contributed by atoms with van der Waals surface area (Å²) in [5, 5.41) is 40.6. The standard InChI is InChI=1S/C58H66ClN11O9.CH2O2/c1-6-58(76)44-26-47-52-38(30-70(47)55(73)43(44)32-77-56(58)74)25-41-42(49(15-12-45(41)62-52)79-57(75)69-29-33(2)65(5)28-34(69)3)31-66-21-23-68(24-22-66)54(72)36-17-19-67(20-18-36)50-16-13-46(63-64-50)53(71)61-39-8-10-40(11-9-39)78-48-14-7-37(27-60)51(59)35(48)4;2-1-3/h7,12-16,25-26,33-34,36,39-40,76H,6,8-11,17-24,28-32H2,1-5H3,(H,61,71);1H,(H,2,3)/t33-,34+,39?,40?,58-;/m0./s1. The highest BCUT2D eigenvalue weighted by atomic mass is 35.5. The highest BCUT2D eigenvalue weighted by molar-refractivity contribution is 6.32. The van der Waals surface area contributed by atoms with Crippen LogP contribution in [0.15, 0.2) is 53.3 Å². The molecule has 1 aliphatic carbocycles. The van der Waals surface area contributed by atoms with Crippen LogP contribution in [0.1, 0.15) is 110 Å². The van der Waals surface area contributed by atoms with Crippen molar-refractivity contribution in [3.05, 3.63) is 103 Å². The van der Waals surface area contributed by atoms with Crippen molar-refractivity contribution >= 4 is 58.7 Å². The Morgan fingerprint density at radius 2 is 1.66 bits per heavy atom. The number of cyclic esters (lactones) is 1. The van der Waals surface area contributed by atoms with Crippen LogP contribution in [0, 0.1) is 24.2 Å². The molecule has 0 unspecified atom stereocenters. The maximum Gasteiger partial charge on any atom is 0.415 e. The number of esters is 1. The molecule has 22 nitrogen and oxygen atoms in total. The second-order valence-corrected chi connectivity index (χ2v) is 22.7. The van der Waals surface area contributed by atoms with Gasteiger partial charge in [-0.15, -0.1) is 10.2 Å². The zero-order valence-electron chi connectivity index (χ0n) is 46.7. The van der Waals surface area contributed by atoms with Crippen LogP contribution in [0.3, 0.4) is 0 Å². The maximum absolute atomic E-state index is 14.1. The molecule has 3 aromatic heterocycles. The molecule has 11 rings (SSSR count). The Morgan fingerprint density at radius 3 is 2.34 bits per heavy atom. The summed E-state index contributed by atoms with van der Waals surface area (Å²) in [5.74, 6) is 0.677. The lowest BCUT2D eigenvalue weighted by molar-refractivity contribution is -0.172. The molecule has 3 atom stereocenters. The van der Waals surface area contributed by atoms with E-state index in [4.69, 9.17) is 40.7 Å². The first kappa shape index (κ1) is 57.5. The zero-order valence-corrected chi connectivity index (χ0v) is 47.5. The molecule has 4 fully saturated rings. The van der Waals surface area contributed by atoms with Crippen LogP contribution in [0.4, 0.5) is 10.6 Å². The van der Waals surface area contributed by atoms with Crippen LogP contribution in [0.25, 0.3) is 22.3 Å². The van der Waals surface area contributed by atoms with E-state index in [2.05, 4.69) is 50.3 Å². The van der Waals surface area contributed by atoms with E-state index in [-0.39, 0.29) is 90.4 Å². The number of pyridine rings is 2. The molecule has 5 aliphatic heterocycles. The number of fused-ring (bicyclic) bond motifs is 5. The van der Waals surface area contributed by atoms with Gasteiger partial charge in [-0.25, -0.2) is 14.6 Å². The molecule has 5 aromatic rings. The van der Waals surface area contributed by atoms with Crippen molar-refractivity contribution in [3.63, 3.8) is 0 Å². The Balaban J connectivity index is 0.00000246. The summed E-state index contributed by atoms with van der Waals surface area (Å²) >= 11 is 6.35. The van der Waals surface area contributed by atoms with Crippen LogP contribution < -0.4 is 25.2 Å². The van der Waals surface area contributed by atoms with Gasteiger partial charge in [0, 0.05) is 111 Å². The normalized spacial score (nSPS) is 22.9. The fourth-order valence-corrected chi connectivity index (χ4v) is 12.5. The number of aromatic nitrogens is 4. The molecule has 23 heteroatoms. The second-order valence-electron chi connectivity index (χ2n) is 22.3. The SMILES string of the molecule is CC[C@@]1(O)C(=O)OCc2c1cc1n(c2=O)Cc2cc3c(CN4CCN(C(=O)C5CCN(c6ccc(C(=O)NC7CCC(Oc8ccc(C#N)c(Cl)c8C)CC7)nn6)CC5)CC4)c(OC(=O)N4C[C@H](C)N(C)C[C@H]4C)ccc3nc2-1.O=CO. The Hall–Kier alpha value is -7.71. The predicted molar refractivity (Wildman–Crippen MR) is 301 cm³/mol. The van der Waals surface area contributed by atoms with E-state index in [1.807, 2.05) is 36.9 Å². The molecule has 1 saturated carbocycles. The number of anilines is 1. The predicted octanol–water partition coefficient (Wildman–Crippen LogP) is 5.61. The first-order chi connectivity index (χ1) is 39.4. The minimum absolute atomic E-state index is 0.0207. The van der Waals surface area contributed by atoms with Crippen molar-refractivity contribution in [1.29, 1.82) is 5.26 Å². The third kappa shape index (κ3) is 11.3. The number of nitrogens with one attached hydrogen (secondary N) is 1. The van der Waals surface area contributed by atoms with Gasteiger partial charge in [-0.05, 0) is 121 Å². The van der Waals surface area contributed by atoms with Gasteiger partial charge in [-0.3, -0.25) is 29.0 Å². The number of hydrogen-bond donors (Lipinski definition) is 3. The number of piperazine rings is 2. The van der Waals surface area contributed by atoms with Gasteiger partial charge < -0.3 is 49.0 Å². The van der Waals surface area contributed by atoms with Gasteiger partial charge in [-0.2, -0.15) is 5.26 Å². The summed E-state index contributed by atoms with van der Waals surface area (Å²) in [4.78, 5) is 92.0. The molecule has 3 amide bonds. The lowest BCUT2D eigenvalue weighted by Crippen LogP contribution is -2.57. The molecule has 6 aliphatic rings. The molecule has 432 valence electrons. The van der Waals surface area contributed by atoms with Crippen molar-refractivity contribution in [1.82, 2.24) is 44.7 Å². The maximum atomic E-state index is 14.1. The first-order valence-corrected chi connectivity index (χ1v) is 28.5. The number of piperidine rings is 1. The number of rotatable bonds is 10. The number of nitriles is 1. The van der Waals surface area contributed by atoms with Crippen molar-refractivity contribution in [2.24, 2.45) is 5.92 Å². The number of carbonyl (C=O) groups is 5. The Kier molecular flexibility index (Phi) is 16.8. The van der Waals surface area contributed by atoms with E-state index >= 15 is 0 Å². The molecule has 3 saturated heterocycles. The lowest BCUT2D eigenvalue weighted by atomic mass is 9.86. The van der Waals surface area contributed by atoms with Gasteiger partial charge in [0.25, 0.3) is 17.9 Å². The summed E-state index contributed by atoms with van der Waals surface area (Å²) in [5.41, 5.74) is 2.87. The number of amides is 3. The topological polar surface area (TPSA) is 266 Å². The summed E-state index contributed by atoms with van der Waals surface area (Å²) in [6, 6.07) is 16.5. The number of benzene rings is 2. The second kappa shape index (κ2) is 24.0. The molecular weight excluding hydrogens is 1070 g/mol. The summed E-state index contributed by atoms with van der Waals surface area (Å²) in [6.07, 6.45) is 3.91. The van der Waals surface area contributed by atoms with Crippen LogP contribution in [0.5, 0.6) is 11.5 Å². The highest BCUT2D eigenvalue weighted by Crippen LogP contribution is 2.41. The third-order valence-corrected chi connectivity index (χ3v) is 17.9. The Labute approximate surface area is 479 Å². The molecule has 2 aromatic carbocycles. The lowest BCUT2D eigenvalue weighted by Gasteiger charge is -2.41. The Morgan fingerprint density at radius 1 is 0.939 bits per heavy atom. The third-order valence-electron chi connectivity index (χ3n) is 17.4. The summed E-state index contributed by atoms with van der Waals surface area (Å²) in [7, 11) is 2.05. The van der Waals surface area contributed by atoms with E-state index in [1.165, 1.54) is 0 Å². The number of carboxylic acid groups (broad SMARTS) is 1.